The number of rotatable bonds is 6. The van der Waals surface area contributed by atoms with Crippen LogP contribution in [0, 0.1) is 0 Å². The van der Waals surface area contributed by atoms with E-state index in [1.54, 1.807) is 0 Å². The van der Waals surface area contributed by atoms with E-state index in [1.165, 1.54) is 16.8 Å². The highest BCUT2D eigenvalue weighted by molar-refractivity contribution is 5.23. The molecular weight excluding hydrogens is 270 g/mol. The molecule has 1 N–H and O–H groups in total. The van der Waals surface area contributed by atoms with Crippen LogP contribution in [0.15, 0.2) is 84.3 Å². The topological polar surface area (TPSA) is 21.3 Å². The van der Waals surface area contributed by atoms with Crippen molar-refractivity contribution in [2.24, 2.45) is 0 Å². The molecule has 0 saturated carbocycles. The van der Waals surface area contributed by atoms with E-state index in [0.29, 0.717) is 6.61 Å². The molecule has 112 valence electrons. The number of aryl methyl sites for hydroxylation is 1. The molecule has 0 saturated heterocycles. The van der Waals surface area contributed by atoms with E-state index < -0.39 is 0 Å². The van der Waals surface area contributed by atoms with Gasteiger partial charge >= 0.3 is 0 Å². The SMILES string of the molecule is C1=C(CCc2ccccc2)NCC(OCc2ccccc2)=C1. The van der Waals surface area contributed by atoms with Crippen LogP contribution in [0.2, 0.25) is 0 Å². The van der Waals surface area contributed by atoms with Crippen LogP contribution in [-0.2, 0) is 17.8 Å². The molecule has 22 heavy (non-hydrogen) atoms. The third-order valence-electron chi connectivity index (χ3n) is 3.75. The average molecular weight is 291 g/mol. The third kappa shape index (κ3) is 4.26. The van der Waals surface area contributed by atoms with Crippen molar-refractivity contribution in [3.05, 3.63) is 95.4 Å². The number of benzene rings is 2. The van der Waals surface area contributed by atoms with Gasteiger partial charge in [0.05, 0.1) is 6.54 Å². The fraction of sp³-hybridized carbons (Fsp3) is 0.200. The molecule has 0 radical (unpaired) electrons. The monoisotopic (exact) mass is 291 g/mol. The molecule has 2 aromatic carbocycles. The van der Waals surface area contributed by atoms with Crippen LogP contribution >= 0.6 is 0 Å². The summed E-state index contributed by atoms with van der Waals surface area (Å²) in [5.41, 5.74) is 3.85. The van der Waals surface area contributed by atoms with Crippen LogP contribution in [0.3, 0.4) is 0 Å². The maximum Gasteiger partial charge on any atom is 0.116 e. The predicted octanol–water partition coefficient (Wildman–Crippen LogP) is 4.21. The molecule has 1 aliphatic heterocycles. The zero-order chi connectivity index (χ0) is 15.0. The van der Waals surface area contributed by atoms with Crippen molar-refractivity contribution in [3.8, 4) is 0 Å². The Morgan fingerprint density at radius 2 is 1.45 bits per heavy atom. The first-order valence-electron chi connectivity index (χ1n) is 7.74. The van der Waals surface area contributed by atoms with Gasteiger partial charge < -0.3 is 10.1 Å². The molecule has 0 aliphatic carbocycles. The Bertz CT molecular complexity index is 584. The van der Waals surface area contributed by atoms with Gasteiger partial charge in [-0.05, 0) is 36.1 Å². The van der Waals surface area contributed by atoms with Gasteiger partial charge in [0.1, 0.15) is 12.4 Å². The van der Waals surface area contributed by atoms with Gasteiger partial charge in [0.25, 0.3) is 0 Å². The summed E-state index contributed by atoms with van der Waals surface area (Å²) in [6.45, 7) is 1.40. The Morgan fingerprint density at radius 3 is 2.09 bits per heavy atom. The predicted molar refractivity (Wildman–Crippen MR) is 90.2 cm³/mol. The smallest absolute Gasteiger partial charge is 0.116 e. The van der Waals surface area contributed by atoms with Gasteiger partial charge in [-0.2, -0.15) is 0 Å². The molecular formula is C20H21NO. The van der Waals surface area contributed by atoms with Gasteiger partial charge in [0, 0.05) is 5.70 Å². The lowest BCUT2D eigenvalue weighted by atomic mass is 10.1. The molecule has 1 aliphatic rings. The number of hydrogen-bond acceptors (Lipinski definition) is 2. The van der Waals surface area contributed by atoms with Gasteiger partial charge in [0.2, 0.25) is 0 Å². The maximum atomic E-state index is 5.83. The highest BCUT2D eigenvalue weighted by Gasteiger charge is 2.06. The molecule has 0 fully saturated rings. The second-order valence-electron chi connectivity index (χ2n) is 5.44. The summed E-state index contributed by atoms with van der Waals surface area (Å²) in [5.74, 6) is 0.993. The van der Waals surface area contributed by atoms with Crippen LogP contribution in [0.5, 0.6) is 0 Å². The van der Waals surface area contributed by atoms with Gasteiger partial charge in [-0.15, -0.1) is 0 Å². The summed E-state index contributed by atoms with van der Waals surface area (Å²) >= 11 is 0. The molecule has 2 nitrogen and oxygen atoms in total. The first-order chi connectivity index (χ1) is 10.9. The van der Waals surface area contributed by atoms with Crippen molar-refractivity contribution in [2.45, 2.75) is 19.4 Å². The zero-order valence-electron chi connectivity index (χ0n) is 12.7. The van der Waals surface area contributed by atoms with Gasteiger partial charge in [-0.3, -0.25) is 0 Å². The van der Waals surface area contributed by atoms with E-state index in [-0.39, 0.29) is 0 Å². The molecule has 1 heterocycles. The van der Waals surface area contributed by atoms with Crippen LogP contribution < -0.4 is 5.32 Å². The third-order valence-corrected chi connectivity index (χ3v) is 3.75. The lowest BCUT2D eigenvalue weighted by molar-refractivity contribution is 0.191. The molecule has 3 rings (SSSR count). The number of allylic oxidation sites excluding steroid dienone is 3. The average Bonchev–Trinajstić information content (AvgIpc) is 2.61. The molecule has 0 aromatic heterocycles. The highest BCUT2D eigenvalue weighted by atomic mass is 16.5. The Balaban J connectivity index is 1.48. The first-order valence-corrected chi connectivity index (χ1v) is 7.74. The molecule has 0 unspecified atom stereocenters. The van der Waals surface area contributed by atoms with E-state index in [9.17, 15) is 0 Å². The van der Waals surface area contributed by atoms with E-state index >= 15 is 0 Å². The molecule has 0 spiro atoms. The Labute approximate surface area is 132 Å². The van der Waals surface area contributed by atoms with Gasteiger partial charge in [-0.25, -0.2) is 0 Å². The van der Waals surface area contributed by atoms with Crippen LogP contribution in [0.4, 0.5) is 0 Å². The quantitative estimate of drug-likeness (QED) is 0.861. The summed E-state index contributed by atoms with van der Waals surface area (Å²) in [4.78, 5) is 0. The van der Waals surface area contributed by atoms with Crippen molar-refractivity contribution in [1.29, 1.82) is 0 Å². The fourth-order valence-corrected chi connectivity index (χ4v) is 2.46. The Kier molecular flexibility index (Phi) is 4.93. The number of hydrogen-bond donors (Lipinski definition) is 1. The van der Waals surface area contributed by atoms with Crippen molar-refractivity contribution < 1.29 is 4.74 Å². The van der Waals surface area contributed by atoms with Gasteiger partial charge in [0.15, 0.2) is 0 Å². The second kappa shape index (κ2) is 7.51. The standard InChI is InChI=1S/C20H21NO/c1-3-7-17(8-4-1)11-12-19-13-14-20(15-21-19)22-16-18-9-5-2-6-10-18/h1-10,13-14,21H,11-12,15-16H2. The summed E-state index contributed by atoms with van der Waals surface area (Å²) in [5, 5.41) is 3.44. The minimum Gasteiger partial charge on any atom is -0.491 e. The van der Waals surface area contributed by atoms with Crippen molar-refractivity contribution in [3.63, 3.8) is 0 Å². The van der Waals surface area contributed by atoms with E-state index in [1.807, 2.05) is 18.2 Å². The normalized spacial score (nSPS) is 13.8. The number of dihydropyridines is 1. The van der Waals surface area contributed by atoms with E-state index in [2.05, 4.69) is 59.9 Å². The molecule has 0 bridgehead atoms. The van der Waals surface area contributed by atoms with Crippen molar-refractivity contribution in [2.75, 3.05) is 6.54 Å². The summed E-state index contributed by atoms with van der Waals surface area (Å²) in [6, 6.07) is 20.8. The first kappa shape index (κ1) is 14.5. The number of ether oxygens (including phenoxy) is 1. The Hall–Kier alpha value is -2.48. The molecule has 0 atom stereocenters. The van der Waals surface area contributed by atoms with E-state index in [4.69, 9.17) is 4.74 Å². The minimum absolute atomic E-state index is 0.627. The van der Waals surface area contributed by atoms with Crippen LogP contribution in [0.1, 0.15) is 17.5 Å². The number of nitrogens with one attached hydrogen (secondary N) is 1. The van der Waals surface area contributed by atoms with Gasteiger partial charge in [-0.1, -0.05) is 60.7 Å². The van der Waals surface area contributed by atoms with Crippen LogP contribution in [0.25, 0.3) is 0 Å². The Morgan fingerprint density at radius 1 is 0.773 bits per heavy atom. The highest BCUT2D eigenvalue weighted by Crippen LogP contribution is 2.13. The zero-order valence-corrected chi connectivity index (χ0v) is 12.7. The molecule has 2 aromatic rings. The van der Waals surface area contributed by atoms with Crippen molar-refractivity contribution in [1.82, 2.24) is 5.32 Å². The van der Waals surface area contributed by atoms with E-state index in [0.717, 1.165) is 25.1 Å². The maximum absolute atomic E-state index is 5.83. The second-order valence-corrected chi connectivity index (χ2v) is 5.44. The van der Waals surface area contributed by atoms with Crippen molar-refractivity contribution >= 4 is 0 Å². The molecule has 2 heteroatoms. The summed E-state index contributed by atoms with van der Waals surface area (Å²) in [6.07, 6.45) is 6.31. The molecule has 0 amide bonds. The summed E-state index contributed by atoms with van der Waals surface area (Å²) in [7, 11) is 0. The fourth-order valence-electron chi connectivity index (χ4n) is 2.46. The summed E-state index contributed by atoms with van der Waals surface area (Å²) < 4.78 is 5.83. The largest absolute Gasteiger partial charge is 0.491 e. The minimum atomic E-state index is 0.627. The lowest BCUT2D eigenvalue weighted by Crippen LogP contribution is -2.21. The van der Waals surface area contributed by atoms with Crippen LogP contribution in [-0.4, -0.2) is 6.54 Å². The lowest BCUT2D eigenvalue weighted by Gasteiger charge is -2.18.